The van der Waals surface area contributed by atoms with Gasteiger partial charge in [0.2, 0.25) is 0 Å². The highest BCUT2D eigenvalue weighted by Gasteiger charge is 2.11. The van der Waals surface area contributed by atoms with Gasteiger partial charge in [-0.15, -0.1) is 11.3 Å². The van der Waals surface area contributed by atoms with Crippen molar-refractivity contribution in [3.8, 4) is 0 Å². The van der Waals surface area contributed by atoms with Crippen LogP contribution in [-0.2, 0) is 0 Å². The molecule has 0 unspecified atom stereocenters. The van der Waals surface area contributed by atoms with Crippen molar-refractivity contribution in [2.24, 2.45) is 0 Å². The van der Waals surface area contributed by atoms with Gasteiger partial charge >= 0.3 is 0 Å². The molecule has 0 aliphatic carbocycles. The van der Waals surface area contributed by atoms with E-state index in [2.05, 4.69) is 42.2 Å². The van der Waals surface area contributed by atoms with Crippen molar-refractivity contribution in [2.75, 3.05) is 5.32 Å². The summed E-state index contributed by atoms with van der Waals surface area (Å²) in [6.07, 6.45) is 0. The molecule has 0 spiro atoms. The molecule has 0 saturated heterocycles. The molecule has 0 fully saturated rings. The van der Waals surface area contributed by atoms with Gasteiger partial charge in [0, 0.05) is 14.6 Å². The molecule has 3 aromatic rings. The van der Waals surface area contributed by atoms with Gasteiger partial charge in [-0.2, -0.15) is 0 Å². The van der Waals surface area contributed by atoms with E-state index in [9.17, 15) is 4.79 Å². The molecule has 2 aromatic carbocycles. The van der Waals surface area contributed by atoms with Crippen molar-refractivity contribution < 1.29 is 4.79 Å². The highest BCUT2D eigenvalue weighted by atomic mass is 79.9. The molecule has 20 heavy (non-hydrogen) atoms. The lowest BCUT2D eigenvalue weighted by Gasteiger charge is -2.07. The van der Waals surface area contributed by atoms with Crippen LogP contribution in [0.25, 0.3) is 10.2 Å². The Morgan fingerprint density at radius 1 is 1.15 bits per heavy atom. The summed E-state index contributed by atoms with van der Waals surface area (Å²) in [5, 5.41) is 2.90. The minimum absolute atomic E-state index is 0.151. The van der Waals surface area contributed by atoms with E-state index < -0.39 is 0 Å². The lowest BCUT2D eigenvalue weighted by Crippen LogP contribution is -2.12. The fraction of sp³-hybridized carbons (Fsp3) is 0. The molecule has 0 aliphatic rings. The SMILES string of the molecule is O=C(Nc1ccc2ncsc2c1)c1cc(Br)ccc1Br. The number of carbonyl (C=O) groups is 1. The van der Waals surface area contributed by atoms with Gasteiger partial charge in [0.1, 0.15) is 0 Å². The summed E-state index contributed by atoms with van der Waals surface area (Å²) in [6, 6.07) is 11.2. The Balaban J connectivity index is 1.89. The standard InChI is InChI=1S/C14H8Br2N2OS/c15-8-1-3-11(16)10(5-8)14(19)18-9-2-4-12-13(6-9)20-7-17-12/h1-7H,(H,18,19). The van der Waals surface area contributed by atoms with Crippen LogP contribution >= 0.6 is 43.2 Å². The Kier molecular flexibility index (Phi) is 3.87. The zero-order valence-electron chi connectivity index (χ0n) is 10.1. The van der Waals surface area contributed by atoms with E-state index >= 15 is 0 Å². The predicted octanol–water partition coefficient (Wildman–Crippen LogP) is 5.07. The van der Waals surface area contributed by atoms with Gasteiger partial charge in [0.05, 0.1) is 21.3 Å². The average Bonchev–Trinajstić information content (AvgIpc) is 2.89. The monoisotopic (exact) mass is 410 g/mol. The third kappa shape index (κ3) is 2.77. The molecule has 0 aliphatic heterocycles. The number of thiazole rings is 1. The Hall–Kier alpha value is -1.24. The van der Waals surface area contributed by atoms with Crippen LogP contribution in [0.1, 0.15) is 10.4 Å². The molecular weight excluding hydrogens is 404 g/mol. The average molecular weight is 412 g/mol. The minimum atomic E-state index is -0.151. The second-order valence-electron chi connectivity index (χ2n) is 4.11. The number of hydrogen-bond donors (Lipinski definition) is 1. The Bertz CT molecular complexity index is 801. The van der Waals surface area contributed by atoms with Crippen molar-refractivity contribution in [1.29, 1.82) is 0 Å². The number of anilines is 1. The number of carbonyl (C=O) groups excluding carboxylic acids is 1. The number of nitrogens with one attached hydrogen (secondary N) is 1. The summed E-state index contributed by atoms with van der Waals surface area (Å²) in [6.45, 7) is 0. The maximum atomic E-state index is 12.3. The molecule has 3 rings (SSSR count). The minimum Gasteiger partial charge on any atom is -0.322 e. The molecule has 0 bridgehead atoms. The summed E-state index contributed by atoms with van der Waals surface area (Å²) in [5.74, 6) is -0.151. The number of hydrogen-bond acceptors (Lipinski definition) is 3. The maximum absolute atomic E-state index is 12.3. The Labute approximate surface area is 136 Å². The van der Waals surface area contributed by atoms with E-state index in [1.165, 1.54) is 0 Å². The first-order valence-corrected chi connectivity index (χ1v) is 8.20. The normalized spacial score (nSPS) is 10.7. The van der Waals surface area contributed by atoms with Crippen molar-refractivity contribution in [3.63, 3.8) is 0 Å². The van der Waals surface area contributed by atoms with Crippen LogP contribution < -0.4 is 5.32 Å². The number of fused-ring (bicyclic) bond motifs is 1. The molecule has 0 atom stereocenters. The first kappa shape index (κ1) is 13.7. The fourth-order valence-electron chi connectivity index (χ4n) is 1.80. The highest BCUT2D eigenvalue weighted by molar-refractivity contribution is 9.11. The zero-order valence-corrected chi connectivity index (χ0v) is 14.0. The number of amides is 1. The van der Waals surface area contributed by atoms with Crippen LogP contribution in [0.5, 0.6) is 0 Å². The first-order valence-electron chi connectivity index (χ1n) is 5.73. The number of benzene rings is 2. The van der Waals surface area contributed by atoms with Gasteiger partial charge in [-0.25, -0.2) is 4.98 Å². The third-order valence-corrected chi connectivity index (χ3v) is 4.74. The topological polar surface area (TPSA) is 42.0 Å². The van der Waals surface area contributed by atoms with Crippen LogP contribution in [0, 0.1) is 0 Å². The van der Waals surface area contributed by atoms with E-state index in [0.717, 1.165) is 24.8 Å². The quantitative estimate of drug-likeness (QED) is 0.639. The van der Waals surface area contributed by atoms with E-state index in [4.69, 9.17) is 0 Å². The first-order chi connectivity index (χ1) is 9.63. The van der Waals surface area contributed by atoms with E-state index in [1.807, 2.05) is 30.3 Å². The fourth-order valence-corrected chi connectivity index (χ4v) is 3.31. The molecule has 1 N–H and O–H groups in total. The van der Waals surface area contributed by atoms with Crippen molar-refractivity contribution in [3.05, 3.63) is 56.4 Å². The maximum Gasteiger partial charge on any atom is 0.256 e. The molecule has 0 saturated carbocycles. The molecule has 1 aromatic heterocycles. The summed E-state index contributed by atoms with van der Waals surface area (Å²) < 4.78 is 2.68. The molecule has 1 amide bonds. The summed E-state index contributed by atoms with van der Waals surface area (Å²) >= 11 is 8.31. The number of rotatable bonds is 2. The number of halogens is 2. The Morgan fingerprint density at radius 2 is 2.00 bits per heavy atom. The van der Waals surface area contributed by atoms with E-state index in [-0.39, 0.29) is 5.91 Å². The Morgan fingerprint density at radius 3 is 2.85 bits per heavy atom. The third-order valence-electron chi connectivity index (χ3n) is 2.76. The van der Waals surface area contributed by atoms with Crippen molar-refractivity contribution in [1.82, 2.24) is 4.98 Å². The highest BCUT2D eigenvalue weighted by Crippen LogP contribution is 2.25. The van der Waals surface area contributed by atoms with Crippen LogP contribution in [0.4, 0.5) is 5.69 Å². The zero-order chi connectivity index (χ0) is 14.1. The van der Waals surface area contributed by atoms with Gasteiger partial charge in [-0.1, -0.05) is 15.9 Å². The van der Waals surface area contributed by atoms with Crippen LogP contribution in [-0.4, -0.2) is 10.9 Å². The predicted molar refractivity (Wildman–Crippen MR) is 89.4 cm³/mol. The largest absolute Gasteiger partial charge is 0.322 e. The summed E-state index contributed by atoms with van der Waals surface area (Å²) in [5.41, 5.74) is 4.08. The lowest BCUT2D eigenvalue weighted by atomic mass is 10.2. The van der Waals surface area contributed by atoms with Crippen LogP contribution in [0.2, 0.25) is 0 Å². The van der Waals surface area contributed by atoms with Gasteiger partial charge in [-0.05, 0) is 52.3 Å². The second-order valence-corrected chi connectivity index (χ2v) is 6.77. The van der Waals surface area contributed by atoms with E-state index in [1.54, 1.807) is 22.9 Å². The van der Waals surface area contributed by atoms with Crippen LogP contribution in [0.3, 0.4) is 0 Å². The number of nitrogens with zero attached hydrogens (tertiary/aromatic N) is 1. The molecule has 3 nitrogen and oxygen atoms in total. The van der Waals surface area contributed by atoms with Gasteiger partial charge in [0.15, 0.2) is 0 Å². The van der Waals surface area contributed by atoms with E-state index in [0.29, 0.717) is 5.56 Å². The van der Waals surface area contributed by atoms with Gasteiger partial charge in [0.25, 0.3) is 5.91 Å². The van der Waals surface area contributed by atoms with Gasteiger partial charge < -0.3 is 5.32 Å². The van der Waals surface area contributed by atoms with Crippen molar-refractivity contribution >= 4 is 65.0 Å². The molecule has 0 radical (unpaired) electrons. The van der Waals surface area contributed by atoms with Crippen molar-refractivity contribution in [2.45, 2.75) is 0 Å². The van der Waals surface area contributed by atoms with Crippen LogP contribution in [0.15, 0.2) is 50.9 Å². The second kappa shape index (κ2) is 5.63. The molecule has 6 heteroatoms. The molecule has 100 valence electrons. The lowest BCUT2D eigenvalue weighted by molar-refractivity contribution is 0.102. The molecule has 1 heterocycles. The number of aromatic nitrogens is 1. The smallest absolute Gasteiger partial charge is 0.256 e. The summed E-state index contributed by atoms with van der Waals surface area (Å²) in [7, 11) is 0. The summed E-state index contributed by atoms with van der Waals surface area (Å²) in [4.78, 5) is 16.5. The van der Waals surface area contributed by atoms with Gasteiger partial charge in [-0.3, -0.25) is 4.79 Å². The molecular formula is C14H8Br2N2OS.